The highest BCUT2D eigenvalue weighted by atomic mass is 35.5. The summed E-state index contributed by atoms with van der Waals surface area (Å²) in [4.78, 5) is 30.8. The van der Waals surface area contributed by atoms with E-state index in [2.05, 4.69) is 12.1 Å². The van der Waals surface area contributed by atoms with Crippen molar-refractivity contribution in [2.45, 2.75) is 18.9 Å². The van der Waals surface area contributed by atoms with Crippen LogP contribution in [-0.4, -0.2) is 16.3 Å². The zero-order valence-electron chi connectivity index (χ0n) is 19.7. The van der Waals surface area contributed by atoms with Crippen LogP contribution < -0.4 is 24.4 Å². The average molecular weight is 544 g/mol. The van der Waals surface area contributed by atoms with Crippen molar-refractivity contribution in [3.05, 3.63) is 123 Å². The molecule has 0 fully saturated rings. The Morgan fingerprint density at radius 2 is 1.84 bits per heavy atom. The van der Waals surface area contributed by atoms with Gasteiger partial charge in [0, 0.05) is 10.6 Å². The van der Waals surface area contributed by atoms with E-state index in [1.54, 1.807) is 4.57 Å². The number of hydrogen-bond donors (Lipinski definition) is 0. The van der Waals surface area contributed by atoms with E-state index in [1.807, 2.05) is 36.4 Å². The molecule has 0 N–H and O–H groups in total. The molecule has 2 aliphatic heterocycles. The molecule has 0 saturated heterocycles. The number of aromatic nitrogens is 1. The Bertz CT molecular complexity index is 1890. The van der Waals surface area contributed by atoms with Crippen molar-refractivity contribution < 1.29 is 14.4 Å². The molecule has 10 heteroatoms. The van der Waals surface area contributed by atoms with E-state index in [0.717, 1.165) is 35.2 Å². The zero-order valence-corrected chi connectivity index (χ0v) is 21.3. The minimum absolute atomic E-state index is 0.0109. The largest absolute Gasteiger partial charge is 0.454 e. The molecule has 8 nitrogen and oxygen atoms in total. The van der Waals surface area contributed by atoms with Gasteiger partial charge in [0.2, 0.25) is 6.79 Å². The molecule has 0 amide bonds. The Hall–Kier alpha value is -4.21. The first-order valence-corrected chi connectivity index (χ1v) is 13.1. The third-order valence-electron chi connectivity index (χ3n) is 7.08. The second-order valence-corrected chi connectivity index (χ2v) is 10.6. The lowest BCUT2D eigenvalue weighted by atomic mass is 9.83. The Morgan fingerprint density at radius 3 is 2.66 bits per heavy atom. The number of benzene rings is 3. The molecule has 0 unspecified atom stereocenters. The smallest absolute Gasteiger partial charge is 0.280 e. The molecule has 4 aromatic rings. The number of fused-ring (bicyclic) bond motifs is 4. The fourth-order valence-electron chi connectivity index (χ4n) is 5.36. The minimum atomic E-state index is -0.493. The quantitative estimate of drug-likeness (QED) is 0.278. The molecule has 3 aromatic carbocycles. The first-order valence-electron chi connectivity index (χ1n) is 11.9. The Kier molecular flexibility index (Phi) is 5.24. The highest BCUT2D eigenvalue weighted by Crippen LogP contribution is 2.43. The fourth-order valence-corrected chi connectivity index (χ4v) is 6.59. The summed E-state index contributed by atoms with van der Waals surface area (Å²) in [5.74, 6) is 0.705. The van der Waals surface area contributed by atoms with Crippen molar-refractivity contribution in [2.24, 2.45) is 4.99 Å². The summed E-state index contributed by atoms with van der Waals surface area (Å²) in [5.41, 5.74) is 4.78. The molecule has 0 bridgehead atoms. The normalized spacial score (nSPS) is 17.5. The molecule has 0 spiro atoms. The van der Waals surface area contributed by atoms with Gasteiger partial charge in [0.25, 0.3) is 11.2 Å². The number of nitro groups is 1. The Morgan fingerprint density at radius 1 is 1.08 bits per heavy atom. The first kappa shape index (κ1) is 22.9. The average Bonchev–Trinajstić information content (AvgIpc) is 3.51. The molecule has 7 rings (SSSR count). The summed E-state index contributed by atoms with van der Waals surface area (Å²) in [5, 5.41) is 12.4. The molecule has 1 aromatic heterocycles. The predicted molar refractivity (Wildman–Crippen MR) is 143 cm³/mol. The highest BCUT2D eigenvalue weighted by molar-refractivity contribution is 7.07. The van der Waals surface area contributed by atoms with Gasteiger partial charge < -0.3 is 9.47 Å². The van der Waals surface area contributed by atoms with E-state index in [9.17, 15) is 14.9 Å². The summed E-state index contributed by atoms with van der Waals surface area (Å²) in [7, 11) is 0. The van der Waals surface area contributed by atoms with Gasteiger partial charge in [-0.3, -0.25) is 19.5 Å². The summed E-state index contributed by atoms with van der Waals surface area (Å²) in [6.45, 7) is -0.0109. The molecule has 0 radical (unpaired) electrons. The van der Waals surface area contributed by atoms with Crippen LogP contribution >= 0.6 is 22.9 Å². The number of aryl methyl sites for hydroxylation is 1. The highest BCUT2D eigenvalue weighted by Gasteiger charge is 2.33. The predicted octanol–water partition coefficient (Wildman–Crippen LogP) is 4.61. The molecule has 1 atom stereocenters. The third kappa shape index (κ3) is 3.50. The van der Waals surface area contributed by atoms with E-state index in [4.69, 9.17) is 26.1 Å². The van der Waals surface area contributed by atoms with E-state index in [1.165, 1.54) is 35.1 Å². The zero-order chi connectivity index (χ0) is 26.0. The van der Waals surface area contributed by atoms with Gasteiger partial charge in [-0.15, -0.1) is 0 Å². The van der Waals surface area contributed by atoms with Crippen LogP contribution in [-0.2, 0) is 6.42 Å². The second kappa shape index (κ2) is 8.68. The van der Waals surface area contributed by atoms with Crippen molar-refractivity contribution in [2.75, 3.05) is 6.79 Å². The van der Waals surface area contributed by atoms with E-state index in [0.29, 0.717) is 25.9 Å². The van der Waals surface area contributed by atoms with Crippen LogP contribution in [0.3, 0.4) is 0 Å². The number of hydrogen-bond acceptors (Lipinski definition) is 7. The number of nitrogens with zero attached hydrogens (tertiary/aromatic N) is 3. The van der Waals surface area contributed by atoms with Crippen LogP contribution in [0.15, 0.2) is 76.0 Å². The van der Waals surface area contributed by atoms with Crippen molar-refractivity contribution in [1.29, 1.82) is 0 Å². The monoisotopic (exact) mass is 543 g/mol. The van der Waals surface area contributed by atoms with Gasteiger partial charge in [0.15, 0.2) is 16.3 Å². The Balaban J connectivity index is 1.50. The lowest BCUT2D eigenvalue weighted by Gasteiger charge is -2.31. The van der Waals surface area contributed by atoms with Crippen molar-refractivity contribution in [1.82, 2.24) is 4.57 Å². The number of thiazole rings is 1. The maximum absolute atomic E-state index is 13.9. The number of allylic oxidation sites excluding steroid dienone is 1. The van der Waals surface area contributed by atoms with Crippen molar-refractivity contribution in [3.8, 4) is 11.5 Å². The van der Waals surface area contributed by atoms with Crippen molar-refractivity contribution in [3.63, 3.8) is 0 Å². The standard InChI is InChI=1S/C28H18ClN3O5S/c29-20-8-4-3-7-18(20)26-19-10-9-15-5-1-2-6-17(15)25(19)30-28-31(26)27(33)24(38-28)12-16-11-22-23(37-14-36-22)13-21(16)32(34)35/h1-8,11-13,26H,9-10,14H2/t26-/m1/s1. The van der Waals surface area contributed by atoms with E-state index >= 15 is 0 Å². The van der Waals surface area contributed by atoms with Crippen LogP contribution in [0, 0.1) is 10.1 Å². The van der Waals surface area contributed by atoms with Gasteiger partial charge in [0.05, 0.1) is 32.8 Å². The van der Waals surface area contributed by atoms with Crippen LogP contribution in [0.2, 0.25) is 5.02 Å². The van der Waals surface area contributed by atoms with Crippen LogP contribution in [0.5, 0.6) is 11.5 Å². The van der Waals surface area contributed by atoms with Gasteiger partial charge in [-0.05, 0) is 47.8 Å². The maximum atomic E-state index is 13.9. The number of halogens is 1. The summed E-state index contributed by atoms with van der Waals surface area (Å²) in [6, 6.07) is 18.1. The summed E-state index contributed by atoms with van der Waals surface area (Å²) in [6.07, 6.45) is 3.10. The number of nitro benzene ring substituents is 1. The maximum Gasteiger partial charge on any atom is 0.280 e. The third-order valence-corrected chi connectivity index (χ3v) is 8.41. The van der Waals surface area contributed by atoms with Crippen LogP contribution in [0.1, 0.15) is 34.7 Å². The van der Waals surface area contributed by atoms with Crippen LogP contribution in [0.4, 0.5) is 5.69 Å². The second-order valence-electron chi connectivity index (χ2n) is 9.16. The topological polar surface area (TPSA) is 96.0 Å². The van der Waals surface area contributed by atoms with Crippen molar-refractivity contribution >= 4 is 40.4 Å². The van der Waals surface area contributed by atoms with Gasteiger partial charge in [0.1, 0.15) is 0 Å². The van der Waals surface area contributed by atoms with E-state index < -0.39 is 11.0 Å². The lowest BCUT2D eigenvalue weighted by molar-refractivity contribution is -0.385. The molecular weight excluding hydrogens is 526 g/mol. The van der Waals surface area contributed by atoms with E-state index in [-0.39, 0.29) is 23.6 Å². The van der Waals surface area contributed by atoms with Gasteiger partial charge >= 0.3 is 0 Å². The lowest BCUT2D eigenvalue weighted by Crippen LogP contribution is -2.38. The van der Waals surface area contributed by atoms with Gasteiger partial charge in [-0.25, -0.2) is 4.99 Å². The number of rotatable bonds is 3. The summed E-state index contributed by atoms with van der Waals surface area (Å²) >= 11 is 7.88. The van der Waals surface area contributed by atoms with Gasteiger partial charge in [-0.2, -0.15) is 0 Å². The molecule has 1 aliphatic carbocycles. The SMILES string of the molecule is O=c1c(=Cc2cc3c(cc2[N+](=O)[O-])OCO3)sc2n1[C@H](c1ccccc1Cl)C1=C(N=2)c2ccccc2CC1. The molecule has 0 saturated carbocycles. The molecule has 3 heterocycles. The molecular formula is C28H18ClN3O5S. The molecule has 3 aliphatic rings. The Labute approximate surface area is 224 Å². The van der Waals surface area contributed by atoms with Crippen LogP contribution in [0.25, 0.3) is 11.8 Å². The molecule has 188 valence electrons. The summed E-state index contributed by atoms with van der Waals surface area (Å²) < 4.78 is 12.7. The number of ether oxygens (including phenoxy) is 2. The molecule has 38 heavy (non-hydrogen) atoms. The fraction of sp³-hybridized carbons (Fsp3) is 0.143. The minimum Gasteiger partial charge on any atom is -0.454 e. The van der Waals surface area contributed by atoms with Gasteiger partial charge in [-0.1, -0.05) is 65.4 Å². The first-order chi connectivity index (χ1) is 18.5.